The van der Waals surface area contributed by atoms with Crippen LogP contribution in [0.3, 0.4) is 0 Å². The van der Waals surface area contributed by atoms with Gasteiger partial charge in [0.05, 0.1) is 26.4 Å². The number of phosphoric ester groups is 2. The summed E-state index contributed by atoms with van der Waals surface area (Å²) in [5, 5.41) is 10.6. The monoisotopic (exact) mass is 1440 g/mol. The van der Waals surface area contributed by atoms with Gasteiger partial charge in [-0.25, -0.2) is 9.13 Å². The summed E-state index contributed by atoms with van der Waals surface area (Å²) in [5.74, 6) is -1.31. The van der Waals surface area contributed by atoms with Crippen molar-refractivity contribution in [2.24, 2.45) is 5.92 Å². The van der Waals surface area contributed by atoms with Crippen molar-refractivity contribution in [1.29, 1.82) is 0 Å². The van der Waals surface area contributed by atoms with E-state index in [2.05, 4.69) is 34.6 Å². The third kappa shape index (κ3) is 72.4. The maximum atomic E-state index is 13.1. The molecule has 0 saturated carbocycles. The Kier molecular flexibility index (Phi) is 70.6. The van der Waals surface area contributed by atoms with Crippen molar-refractivity contribution in [3.8, 4) is 0 Å². The van der Waals surface area contributed by atoms with Crippen molar-refractivity contribution in [3.05, 3.63) is 0 Å². The summed E-state index contributed by atoms with van der Waals surface area (Å²) >= 11 is 0. The van der Waals surface area contributed by atoms with E-state index < -0.39 is 97.5 Å². The van der Waals surface area contributed by atoms with Crippen molar-refractivity contribution < 1.29 is 80.2 Å². The first-order valence-corrected chi connectivity index (χ1v) is 44.1. The quantitative estimate of drug-likeness (QED) is 0.0222. The summed E-state index contributed by atoms with van der Waals surface area (Å²) in [4.78, 5) is 72.9. The van der Waals surface area contributed by atoms with Crippen LogP contribution in [0.15, 0.2) is 0 Å². The number of carbonyl (C=O) groups excluding carboxylic acids is 4. The van der Waals surface area contributed by atoms with Crippen LogP contribution in [-0.2, 0) is 65.4 Å². The number of hydrogen-bond acceptors (Lipinski definition) is 15. The number of carbonyl (C=O) groups is 4. The average Bonchev–Trinajstić information content (AvgIpc) is 1.08. The van der Waals surface area contributed by atoms with Crippen LogP contribution < -0.4 is 0 Å². The highest BCUT2D eigenvalue weighted by Crippen LogP contribution is 2.45. The van der Waals surface area contributed by atoms with Crippen LogP contribution in [0.2, 0.25) is 0 Å². The lowest BCUT2D eigenvalue weighted by Gasteiger charge is -2.21. The van der Waals surface area contributed by atoms with Gasteiger partial charge in [-0.05, 0) is 31.6 Å². The van der Waals surface area contributed by atoms with Crippen LogP contribution in [-0.4, -0.2) is 96.7 Å². The molecule has 0 aliphatic carbocycles. The SMILES string of the molecule is CCCCCCCCCCCCCCCCCCCCCC(=O)O[C@H](COC(=O)CCCCCCCCCCCCCCCCC(C)C)COP(=O)(O)OC[C@@H](O)COP(=O)(O)OC[C@@H](COC(=O)CCCCCCCCCCCC)OC(=O)CCCCCCCCCCCCCC. The molecule has 0 bridgehead atoms. The lowest BCUT2D eigenvalue weighted by Crippen LogP contribution is -2.30. The summed E-state index contributed by atoms with van der Waals surface area (Å²) in [6.45, 7) is 7.33. The van der Waals surface area contributed by atoms with Crippen LogP contribution in [0.5, 0.6) is 0 Å². The highest BCUT2D eigenvalue weighted by atomic mass is 31.2. The van der Waals surface area contributed by atoms with E-state index in [0.717, 1.165) is 95.8 Å². The molecule has 5 atom stereocenters. The molecule has 98 heavy (non-hydrogen) atoms. The van der Waals surface area contributed by atoms with E-state index in [1.54, 1.807) is 0 Å². The van der Waals surface area contributed by atoms with Gasteiger partial charge in [0.2, 0.25) is 0 Å². The topological polar surface area (TPSA) is 237 Å². The first-order valence-electron chi connectivity index (χ1n) is 41.1. The molecular formula is C79H154O17P2. The Hall–Kier alpha value is -1.94. The highest BCUT2D eigenvalue weighted by Gasteiger charge is 2.30. The number of rotatable bonds is 79. The van der Waals surface area contributed by atoms with E-state index in [1.165, 1.54) is 244 Å². The molecule has 19 heteroatoms. The summed E-state index contributed by atoms with van der Waals surface area (Å²) in [6.07, 6.45) is 62.3. The molecule has 0 aromatic carbocycles. The normalized spacial score (nSPS) is 13.9. The molecule has 0 fully saturated rings. The molecule has 0 spiro atoms. The Morgan fingerprint density at radius 2 is 0.469 bits per heavy atom. The number of phosphoric acid groups is 2. The van der Waals surface area contributed by atoms with Gasteiger partial charge in [0, 0.05) is 25.7 Å². The van der Waals surface area contributed by atoms with Crippen molar-refractivity contribution >= 4 is 39.5 Å². The zero-order chi connectivity index (χ0) is 71.9. The number of hydrogen-bond donors (Lipinski definition) is 3. The summed E-state index contributed by atoms with van der Waals surface area (Å²) < 4.78 is 68.6. The Bertz CT molecular complexity index is 1870. The van der Waals surface area contributed by atoms with Gasteiger partial charge in [0.15, 0.2) is 12.2 Å². The van der Waals surface area contributed by atoms with Gasteiger partial charge in [0.1, 0.15) is 19.3 Å². The van der Waals surface area contributed by atoms with Gasteiger partial charge in [-0.3, -0.25) is 37.3 Å². The summed E-state index contributed by atoms with van der Waals surface area (Å²) in [7, 11) is -9.91. The van der Waals surface area contributed by atoms with E-state index >= 15 is 0 Å². The number of esters is 4. The smallest absolute Gasteiger partial charge is 0.462 e. The van der Waals surface area contributed by atoms with Crippen LogP contribution in [0, 0.1) is 5.92 Å². The number of ether oxygens (including phenoxy) is 4. The Balaban J connectivity index is 5.22. The fourth-order valence-electron chi connectivity index (χ4n) is 12.2. The van der Waals surface area contributed by atoms with Gasteiger partial charge in [-0.15, -0.1) is 0 Å². The van der Waals surface area contributed by atoms with Crippen LogP contribution in [0.4, 0.5) is 0 Å². The first kappa shape index (κ1) is 96.1. The minimum atomic E-state index is -4.96. The van der Waals surface area contributed by atoms with Gasteiger partial charge >= 0.3 is 39.5 Å². The number of unbranched alkanes of at least 4 members (excludes halogenated alkanes) is 51. The van der Waals surface area contributed by atoms with Crippen molar-refractivity contribution in [2.75, 3.05) is 39.6 Å². The molecular weight excluding hydrogens is 1280 g/mol. The fourth-order valence-corrected chi connectivity index (χ4v) is 13.8. The molecule has 0 rings (SSSR count). The van der Waals surface area contributed by atoms with Crippen LogP contribution in [0.1, 0.15) is 420 Å². The second-order valence-electron chi connectivity index (χ2n) is 28.9. The average molecular weight is 1440 g/mol. The van der Waals surface area contributed by atoms with E-state index in [1.807, 2.05) is 0 Å². The molecule has 0 amide bonds. The van der Waals surface area contributed by atoms with Gasteiger partial charge in [-0.1, -0.05) is 369 Å². The molecule has 3 N–H and O–H groups in total. The minimum Gasteiger partial charge on any atom is -0.462 e. The van der Waals surface area contributed by atoms with E-state index in [9.17, 15) is 43.2 Å². The Morgan fingerprint density at radius 3 is 0.694 bits per heavy atom. The number of aliphatic hydroxyl groups excluding tert-OH is 1. The van der Waals surface area contributed by atoms with E-state index in [4.69, 9.17) is 37.0 Å². The zero-order valence-electron chi connectivity index (χ0n) is 63.9. The third-order valence-electron chi connectivity index (χ3n) is 18.5. The van der Waals surface area contributed by atoms with Crippen molar-refractivity contribution in [2.45, 2.75) is 438 Å². The Morgan fingerprint density at radius 1 is 0.276 bits per heavy atom. The lowest BCUT2D eigenvalue weighted by molar-refractivity contribution is -0.161. The van der Waals surface area contributed by atoms with Crippen molar-refractivity contribution in [1.82, 2.24) is 0 Å². The van der Waals surface area contributed by atoms with E-state index in [0.29, 0.717) is 25.7 Å². The number of aliphatic hydroxyl groups is 1. The fraction of sp³-hybridized carbons (Fsp3) is 0.949. The largest absolute Gasteiger partial charge is 0.472 e. The molecule has 0 heterocycles. The van der Waals surface area contributed by atoms with Crippen LogP contribution in [0.25, 0.3) is 0 Å². The van der Waals surface area contributed by atoms with Gasteiger partial charge in [-0.2, -0.15) is 0 Å². The lowest BCUT2D eigenvalue weighted by atomic mass is 10.0. The van der Waals surface area contributed by atoms with Crippen molar-refractivity contribution in [3.63, 3.8) is 0 Å². The summed E-state index contributed by atoms with van der Waals surface area (Å²) in [5.41, 5.74) is 0. The predicted octanol–water partition coefficient (Wildman–Crippen LogP) is 23.6. The molecule has 582 valence electrons. The Labute approximate surface area is 600 Å². The molecule has 0 saturated heterocycles. The second kappa shape index (κ2) is 72.0. The summed E-state index contributed by atoms with van der Waals surface area (Å²) in [6, 6.07) is 0. The second-order valence-corrected chi connectivity index (χ2v) is 31.8. The first-order chi connectivity index (χ1) is 47.5. The molecule has 17 nitrogen and oxygen atoms in total. The third-order valence-corrected chi connectivity index (χ3v) is 20.4. The van der Waals surface area contributed by atoms with Crippen LogP contribution >= 0.6 is 15.6 Å². The molecule has 0 aliphatic rings. The molecule has 0 aromatic heterocycles. The van der Waals surface area contributed by atoms with E-state index in [-0.39, 0.29) is 25.7 Å². The van der Waals surface area contributed by atoms with Gasteiger partial charge < -0.3 is 33.8 Å². The molecule has 2 unspecified atom stereocenters. The predicted molar refractivity (Wildman–Crippen MR) is 400 cm³/mol. The highest BCUT2D eigenvalue weighted by molar-refractivity contribution is 7.47. The zero-order valence-corrected chi connectivity index (χ0v) is 65.7. The molecule has 0 radical (unpaired) electrons. The van der Waals surface area contributed by atoms with Gasteiger partial charge in [0.25, 0.3) is 0 Å². The molecule has 0 aliphatic heterocycles. The maximum Gasteiger partial charge on any atom is 0.472 e. The maximum absolute atomic E-state index is 13.1. The standard InChI is InChI=1S/C79H154O17P2/c1-6-9-12-15-18-21-24-26-27-28-29-30-31-36-40-45-50-55-60-65-79(84)96-75(69-90-77(82)63-58-53-48-43-39-35-33-32-34-37-41-46-51-56-61-72(4)5)71-94-98(87,88)92-67-73(80)66-91-97(85,86)93-70-74(68-89-76(81)62-57-52-47-42-23-20-17-14-11-8-3)95-78(83)64-59-54-49-44-38-25-22-19-16-13-10-7-2/h72-75,80H,6-71H2,1-5H3,(H,85,86)(H,87,88)/t73-,74+,75+/m0/s1. The molecule has 0 aromatic rings. The minimum absolute atomic E-state index is 0.108.